The zero-order valence-electron chi connectivity index (χ0n) is 11.9. The molecule has 5 nitrogen and oxygen atoms in total. The van der Waals surface area contributed by atoms with Crippen LogP contribution < -0.4 is 0 Å². The van der Waals surface area contributed by atoms with Crippen LogP contribution in [0.25, 0.3) is 6.08 Å². The normalized spacial score (nSPS) is 11.0. The number of carbonyl (C=O) groups is 2. The van der Waals surface area contributed by atoms with Gasteiger partial charge in [-0.25, -0.2) is 0 Å². The van der Waals surface area contributed by atoms with E-state index in [1.165, 1.54) is 37.3 Å². The Morgan fingerprint density at radius 3 is 2.09 bits per heavy atom. The molecule has 110 valence electrons. The molecule has 2 aromatic rings. The van der Waals surface area contributed by atoms with E-state index in [0.717, 1.165) is 0 Å². The van der Waals surface area contributed by atoms with Crippen molar-refractivity contribution in [2.45, 2.75) is 6.92 Å². The molecule has 0 atom stereocenters. The zero-order valence-corrected chi connectivity index (χ0v) is 11.9. The van der Waals surface area contributed by atoms with Gasteiger partial charge >= 0.3 is 0 Å². The maximum absolute atomic E-state index is 12.4. The van der Waals surface area contributed by atoms with Crippen molar-refractivity contribution in [3.63, 3.8) is 0 Å². The van der Waals surface area contributed by atoms with Gasteiger partial charge in [0.2, 0.25) is 0 Å². The predicted octanol–water partition coefficient (Wildman–Crippen LogP) is 3.45. The van der Waals surface area contributed by atoms with Crippen molar-refractivity contribution in [2.75, 3.05) is 0 Å². The van der Waals surface area contributed by atoms with Crippen LogP contribution in [0.4, 0.5) is 5.69 Å². The van der Waals surface area contributed by atoms with Gasteiger partial charge in [0.1, 0.15) is 0 Å². The Morgan fingerprint density at radius 2 is 1.59 bits per heavy atom. The lowest BCUT2D eigenvalue weighted by Crippen LogP contribution is -2.10. The Hall–Kier alpha value is -3.08. The summed E-state index contributed by atoms with van der Waals surface area (Å²) in [5, 5.41) is 10.6. The van der Waals surface area contributed by atoms with Crippen LogP contribution >= 0.6 is 0 Å². The standard InChI is InChI=1S/C17H13NO4/c1-12(19)16(17(20)14-5-3-2-4-6-14)11-13-7-9-15(10-8-13)18(21)22/h2-11H,1H3/b16-11-. The van der Waals surface area contributed by atoms with E-state index in [-0.39, 0.29) is 22.8 Å². The number of ketones is 2. The second kappa shape index (κ2) is 6.58. The summed E-state index contributed by atoms with van der Waals surface area (Å²) in [7, 11) is 0. The number of benzene rings is 2. The van der Waals surface area contributed by atoms with Crippen LogP contribution in [-0.2, 0) is 4.79 Å². The lowest BCUT2D eigenvalue weighted by molar-refractivity contribution is -0.384. The first-order chi connectivity index (χ1) is 10.5. The summed E-state index contributed by atoms with van der Waals surface area (Å²) in [4.78, 5) is 34.2. The number of non-ortho nitro benzene ring substituents is 1. The highest BCUT2D eigenvalue weighted by molar-refractivity contribution is 6.28. The number of nitro groups is 1. The van der Waals surface area contributed by atoms with Gasteiger partial charge in [0, 0.05) is 17.7 Å². The third kappa shape index (κ3) is 3.52. The number of hydrogen-bond acceptors (Lipinski definition) is 4. The molecule has 0 aliphatic heterocycles. The van der Waals surface area contributed by atoms with E-state index in [1.54, 1.807) is 30.3 Å². The van der Waals surface area contributed by atoms with Gasteiger partial charge < -0.3 is 0 Å². The fraction of sp³-hybridized carbons (Fsp3) is 0.0588. The number of carbonyl (C=O) groups excluding carboxylic acids is 2. The molecule has 0 bridgehead atoms. The summed E-state index contributed by atoms with van der Waals surface area (Å²) in [6, 6.07) is 14.1. The molecule has 0 N–H and O–H groups in total. The SMILES string of the molecule is CC(=O)/C(=C/c1ccc([N+](=O)[O-])cc1)C(=O)c1ccccc1. The number of allylic oxidation sites excluding steroid dienone is 1. The van der Waals surface area contributed by atoms with Gasteiger partial charge in [-0.05, 0) is 30.7 Å². The largest absolute Gasteiger partial charge is 0.294 e. The van der Waals surface area contributed by atoms with E-state index in [4.69, 9.17) is 0 Å². The Morgan fingerprint density at radius 1 is 1.00 bits per heavy atom. The maximum Gasteiger partial charge on any atom is 0.269 e. The monoisotopic (exact) mass is 295 g/mol. The van der Waals surface area contributed by atoms with Crippen LogP contribution in [0.2, 0.25) is 0 Å². The Bertz CT molecular complexity index is 746. The first-order valence-corrected chi connectivity index (χ1v) is 6.56. The fourth-order valence-corrected chi connectivity index (χ4v) is 1.93. The molecule has 0 fully saturated rings. The third-order valence-electron chi connectivity index (χ3n) is 3.07. The summed E-state index contributed by atoms with van der Waals surface area (Å²) in [6.07, 6.45) is 1.45. The van der Waals surface area contributed by atoms with E-state index < -0.39 is 4.92 Å². The minimum Gasteiger partial charge on any atom is -0.294 e. The molecule has 2 rings (SSSR count). The van der Waals surface area contributed by atoms with Gasteiger partial charge in [-0.2, -0.15) is 0 Å². The molecule has 0 aliphatic carbocycles. The minimum atomic E-state index is -0.505. The van der Waals surface area contributed by atoms with Crippen LogP contribution in [0.5, 0.6) is 0 Å². The average Bonchev–Trinajstić information content (AvgIpc) is 2.53. The van der Waals surface area contributed by atoms with Gasteiger partial charge in [-0.3, -0.25) is 19.7 Å². The first-order valence-electron chi connectivity index (χ1n) is 6.56. The number of hydrogen-bond donors (Lipinski definition) is 0. The van der Waals surface area contributed by atoms with E-state index in [2.05, 4.69) is 0 Å². The molecule has 0 radical (unpaired) electrons. The summed E-state index contributed by atoms with van der Waals surface area (Å²) in [6.45, 7) is 1.32. The smallest absolute Gasteiger partial charge is 0.269 e. The van der Waals surface area contributed by atoms with E-state index in [0.29, 0.717) is 11.1 Å². The maximum atomic E-state index is 12.4. The second-order valence-electron chi connectivity index (χ2n) is 4.66. The molecular weight excluding hydrogens is 282 g/mol. The molecule has 5 heteroatoms. The first kappa shape index (κ1) is 15.3. The second-order valence-corrected chi connectivity index (χ2v) is 4.66. The fourth-order valence-electron chi connectivity index (χ4n) is 1.93. The Kier molecular flexibility index (Phi) is 4.58. The molecule has 0 saturated carbocycles. The lowest BCUT2D eigenvalue weighted by Gasteiger charge is -2.03. The van der Waals surface area contributed by atoms with Crippen LogP contribution in [0, 0.1) is 10.1 Å². The quantitative estimate of drug-likeness (QED) is 0.211. The molecule has 0 saturated heterocycles. The van der Waals surface area contributed by atoms with Crippen molar-refractivity contribution in [2.24, 2.45) is 0 Å². The van der Waals surface area contributed by atoms with Crippen LogP contribution in [0.15, 0.2) is 60.2 Å². The zero-order chi connectivity index (χ0) is 16.1. The lowest BCUT2D eigenvalue weighted by atomic mass is 9.98. The highest BCUT2D eigenvalue weighted by Gasteiger charge is 2.16. The Balaban J connectivity index is 2.37. The molecular formula is C17H13NO4. The van der Waals surface area contributed by atoms with Gasteiger partial charge in [0.25, 0.3) is 5.69 Å². The number of nitro benzene ring substituents is 1. The number of rotatable bonds is 5. The van der Waals surface area contributed by atoms with E-state index in [1.807, 2.05) is 0 Å². The summed E-state index contributed by atoms with van der Waals surface area (Å²) >= 11 is 0. The molecule has 0 aliphatic rings. The van der Waals surface area contributed by atoms with Gasteiger partial charge in [0.05, 0.1) is 10.5 Å². The number of Topliss-reactive ketones (excluding diaryl/α,β-unsaturated/α-hetero) is 2. The summed E-state index contributed by atoms with van der Waals surface area (Å²) < 4.78 is 0. The van der Waals surface area contributed by atoms with Crippen LogP contribution in [-0.4, -0.2) is 16.5 Å². The van der Waals surface area contributed by atoms with Crippen molar-refractivity contribution >= 4 is 23.3 Å². The van der Waals surface area contributed by atoms with Gasteiger partial charge in [-0.1, -0.05) is 30.3 Å². The van der Waals surface area contributed by atoms with Gasteiger partial charge in [-0.15, -0.1) is 0 Å². The van der Waals surface area contributed by atoms with Crippen LogP contribution in [0.1, 0.15) is 22.8 Å². The van der Waals surface area contributed by atoms with Gasteiger partial charge in [0.15, 0.2) is 11.6 Å². The molecule has 0 unspecified atom stereocenters. The van der Waals surface area contributed by atoms with Crippen LogP contribution in [0.3, 0.4) is 0 Å². The highest BCUT2D eigenvalue weighted by atomic mass is 16.6. The third-order valence-corrected chi connectivity index (χ3v) is 3.07. The van der Waals surface area contributed by atoms with Crippen molar-refractivity contribution in [3.05, 3.63) is 81.4 Å². The summed E-state index contributed by atoms with van der Waals surface area (Å²) in [5.41, 5.74) is 0.974. The summed E-state index contributed by atoms with van der Waals surface area (Å²) in [5.74, 6) is -0.723. The van der Waals surface area contributed by atoms with Crippen molar-refractivity contribution in [1.82, 2.24) is 0 Å². The average molecular weight is 295 g/mol. The highest BCUT2D eigenvalue weighted by Crippen LogP contribution is 2.17. The predicted molar refractivity (Wildman–Crippen MR) is 82.5 cm³/mol. The molecule has 0 aromatic heterocycles. The number of nitrogens with zero attached hydrogens (tertiary/aromatic N) is 1. The molecule has 0 heterocycles. The topological polar surface area (TPSA) is 77.3 Å². The molecule has 0 amide bonds. The van der Waals surface area contributed by atoms with E-state index in [9.17, 15) is 19.7 Å². The minimum absolute atomic E-state index is 0.0417. The van der Waals surface area contributed by atoms with Crippen molar-refractivity contribution in [3.8, 4) is 0 Å². The Labute approximate surface area is 127 Å². The molecule has 0 spiro atoms. The van der Waals surface area contributed by atoms with Crippen molar-refractivity contribution < 1.29 is 14.5 Å². The van der Waals surface area contributed by atoms with E-state index >= 15 is 0 Å². The molecule has 22 heavy (non-hydrogen) atoms. The van der Waals surface area contributed by atoms with Crippen molar-refractivity contribution in [1.29, 1.82) is 0 Å². The molecule has 2 aromatic carbocycles.